The second-order valence-corrected chi connectivity index (χ2v) is 4.21. The largest absolute Gasteiger partial charge is 0.328 e. The van der Waals surface area contributed by atoms with Gasteiger partial charge in [0.25, 0.3) is 5.56 Å². The van der Waals surface area contributed by atoms with Crippen molar-refractivity contribution in [3.63, 3.8) is 0 Å². The first-order valence-electron chi connectivity index (χ1n) is 4.03. The van der Waals surface area contributed by atoms with Crippen LogP contribution in [-0.4, -0.2) is 14.5 Å². The predicted octanol–water partition coefficient (Wildman–Crippen LogP) is 0.695. The van der Waals surface area contributed by atoms with E-state index >= 15 is 0 Å². The summed E-state index contributed by atoms with van der Waals surface area (Å²) in [7, 11) is 0. The zero-order valence-electron chi connectivity index (χ0n) is 7.44. The topological polar surface area (TPSA) is 67.8 Å². The van der Waals surface area contributed by atoms with Gasteiger partial charge in [-0.15, -0.1) is 11.3 Å². The first-order chi connectivity index (χ1) is 7.16. The Bertz CT molecular complexity index is 572. The lowest BCUT2D eigenvalue weighted by molar-refractivity contribution is 0.728. The van der Waals surface area contributed by atoms with Crippen molar-refractivity contribution < 1.29 is 0 Å². The lowest BCUT2D eigenvalue weighted by Crippen LogP contribution is -2.29. The van der Waals surface area contributed by atoms with Gasteiger partial charge < -0.3 is 0 Å². The van der Waals surface area contributed by atoms with Crippen LogP contribution >= 0.6 is 22.9 Å². The monoisotopic (exact) mass is 243 g/mol. The molecule has 0 aliphatic rings. The van der Waals surface area contributed by atoms with Crippen molar-refractivity contribution in [1.29, 1.82) is 0 Å². The highest BCUT2D eigenvalue weighted by molar-refractivity contribution is 7.09. The van der Waals surface area contributed by atoms with E-state index in [9.17, 15) is 9.59 Å². The molecule has 0 atom stereocenters. The van der Waals surface area contributed by atoms with Crippen LogP contribution in [0, 0.1) is 0 Å². The smallest absolute Gasteiger partial charge is 0.294 e. The minimum absolute atomic E-state index is 0.000819. The quantitative estimate of drug-likeness (QED) is 0.844. The second kappa shape index (κ2) is 4.00. The van der Waals surface area contributed by atoms with Crippen molar-refractivity contribution >= 4 is 22.9 Å². The molecule has 15 heavy (non-hydrogen) atoms. The molecule has 0 bridgehead atoms. The third-order valence-corrected chi connectivity index (χ3v) is 2.81. The summed E-state index contributed by atoms with van der Waals surface area (Å²) in [6, 6.07) is 0. The van der Waals surface area contributed by atoms with E-state index in [4.69, 9.17) is 11.6 Å². The molecule has 0 unspecified atom stereocenters. The Hall–Kier alpha value is -1.40. The number of nitrogens with one attached hydrogen (secondary N) is 1. The summed E-state index contributed by atoms with van der Waals surface area (Å²) < 4.78 is 1.33. The fourth-order valence-corrected chi connectivity index (χ4v) is 1.85. The number of hydrogen-bond donors (Lipinski definition) is 1. The van der Waals surface area contributed by atoms with E-state index in [0.717, 1.165) is 4.88 Å². The fraction of sp³-hybridized carbons (Fsp3) is 0.125. The van der Waals surface area contributed by atoms with Crippen LogP contribution in [0.3, 0.4) is 0 Å². The van der Waals surface area contributed by atoms with Crippen LogP contribution in [0.5, 0.6) is 0 Å². The van der Waals surface area contributed by atoms with Crippen LogP contribution in [-0.2, 0) is 6.54 Å². The Labute approximate surface area is 93.0 Å². The van der Waals surface area contributed by atoms with Gasteiger partial charge in [-0.1, -0.05) is 11.6 Å². The molecule has 0 spiro atoms. The maximum absolute atomic E-state index is 11.4. The average Bonchev–Trinajstić information content (AvgIpc) is 2.67. The summed E-state index contributed by atoms with van der Waals surface area (Å²) in [5.74, 6) is 0. The van der Waals surface area contributed by atoms with Crippen molar-refractivity contribution in [3.8, 4) is 0 Å². The maximum atomic E-state index is 11.4. The second-order valence-electron chi connectivity index (χ2n) is 2.83. The highest BCUT2D eigenvalue weighted by atomic mass is 35.5. The van der Waals surface area contributed by atoms with Gasteiger partial charge in [0.05, 0.1) is 12.1 Å². The maximum Gasteiger partial charge on any atom is 0.328 e. The van der Waals surface area contributed by atoms with Crippen molar-refractivity contribution in [1.82, 2.24) is 14.5 Å². The standard InChI is InChI=1S/C8H6ClN3O2S/c9-6-3-12(8(14)11-7(6)13)2-5-1-10-4-15-5/h1,3-4H,2H2,(H,11,13,14). The van der Waals surface area contributed by atoms with Gasteiger partial charge in [0.15, 0.2) is 0 Å². The van der Waals surface area contributed by atoms with Gasteiger partial charge in [-0.05, 0) is 0 Å². The van der Waals surface area contributed by atoms with Crippen LogP contribution in [0.4, 0.5) is 0 Å². The normalized spacial score (nSPS) is 10.5. The zero-order chi connectivity index (χ0) is 10.8. The number of aromatic amines is 1. The Morgan fingerprint density at radius 3 is 3.00 bits per heavy atom. The van der Waals surface area contributed by atoms with Crippen LogP contribution in [0.1, 0.15) is 4.88 Å². The van der Waals surface area contributed by atoms with Crippen molar-refractivity contribution in [3.05, 3.63) is 48.6 Å². The molecule has 0 radical (unpaired) electrons. The lowest BCUT2D eigenvalue weighted by Gasteiger charge is -2.01. The first-order valence-corrected chi connectivity index (χ1v) is 5.29. The number of rotatable bonds is 2. The molecule has 2 aromatic heterocycles. The van der Waals surface area contributed by atoms with Gasteiger partial charge in [0.2, 0.25) is 0 Å². The molecular formula is C8H6ClN3O2S. The molecule has 5 nitrogen and oxygen atoms in total. The van der Waals surface area contributed by atoms with E-state index < -0.39 is 11.2 Å². The SMILES string of the molecule is O=c1[nH]c(=O)n(Cc2cncs2)cc1Cl. The van der Waals surface area contributed by atoms with Gasteiger partial charge >= 0.3 is 5.69 Å². The molecule has 0 saturated heterocycles. The molecule has 0 saturated carbocycles. The molecule has 0 fully saturated rings. The summed E-state index contributed by atoms with van der Waals surface area (Å²) in [5, 5.41) is -0.000819. The van der Waals surface area contributed by atoms with Crippen LogP contribution in [0.25, 0.3) is 0 Å². The van der Waals surface area contributed by atoms with Crippen molar-refractivity contribution in [2.24, 2.45) is 0 Å². The summed E-state index contributed by atoms with van der Waals surface area (Å²) in [6.45, 7) is 0.361. The molecule has 1 N–H and O–H groups in total. The van der Waals surface area contributed by atoms with Crippen molar-refractivity contribution in [2.45, 2.75) is 6.54 Å². The zero-order valence-corrected chi connectivity index (χ0v) is 9.01. The average molecular weight is 244 g/mol. The van der Waals surface area contributed by atoms with Gasteiger partial charge in [-0.3, -0.25) is 19.3 Å². The van der Waals surface area contributed by atoms with E-state index in [1.54, 1.807) is 11.7 Å². The van der Waals surface area contributed by atoms with Gasteiger partial charge in [0.1, 0.15) is 5.02 Å². The minimum Gasteiger partial charge on any atom is -0.294 e. The fourth-order valence-electron chi connectivity index (χ4n) is 1.09. The molecule has 2 aromatic rings. The molecule has 0 aliphatic heterocycles. The Kier molecular flexibility index (Phi) is 2.70. The Balaban J connectivity index is 2.42. The number of H-pyrrole nitrogens is 1. The molecule has 78 valence electrons. The molecule has 0 aliphatic carbocycles. The molecule has 2 heterocycles. The Morgan fingerprint density at radius 1 is 1.53 bits per heavy atom. The summed E-state index contributed by atoms with van der Waals surface area (Å²) in [5.41, 5.74) is 0.633. The number of nitrogens with zero attached hydrogens (tertiary/aromatic N) is 2. The minimum atomic E-state index is -0.567. The molecular weight excluding hydrogens is 238 g/mol. The Morgan fingerprint density at radius 2 is 2.33 bits per heavy atom. The summed E-state index contributed by atoms with van der Waals surface area (Å²) >= 11 is 7.04. The van der Waals surface area contributed by atoms with Gasteiger partial charge in [-0.25, -0.2) is 4.79 Å². The van der Waals surface area contributed by atoms with E-state index in [0.29, 0.717) is 6.54 Å². The van der Waals surface area contributed by atoms with Crippen molar-refractivity contribution in [2.75, 3.05) is 0 Å². The summed E-state index contributed by atoms with van der Waals surface area (Å²) in [4.78, 5) is 29.3. The molecule has 7 heteroatoms. The predicted molar refractivity (Wildman–Crippen MR) is 57.5 cm³/mol. The van der Waals surface area contributed by atoms with Crippen LogP contribution in [0.2, 0.25) is 5.02 Å². The van der Waals surface area contributed by atoms with E-state index in [1.807, 2.05) is 0 Å². The molecule has 0 amide bonds. The van der Waals surface area contributed by atoms with E-state index in [1.165, 1.54) is 22.1 Å². The van der Waals surface area contributed by atoms with E-state index in [2.05, 4.69) is 9.97 Å². The molecule has 0 aromatic carbocycles. The van der Waals surface area contributed by atoms with Crippen LogP contribution < -0.4 is 11.2 Å². The van der Waals surface area contributed by atoms with Gasteiger partial charge in [0, 0.05) is 17.3 Å². The summed E-state index contributed by atoms with van der Waals surface area (Å²) in [6.07, 6.45) is 2.98. The third kappa shape index (κ3) is 2.16. The van der Waals surface area contributed by atoms with Gasteiger partial charge in [-0.2, -0.15) is 0 Å². The lowest BCUT2D eigenvalue weighted by atomic mass is 10.5. The third-order valence-electron chi connectivity index (χ3n) is 1.78. The number of halogens is 1. The highest BCUT2D eigenvalue weighted by Crippen LogP contribution is 2.07. The highest BCUT2D eigenvalue weighted by Gasteiger charge is 2.03. The number of hydrogen-bond acceptors (Lipinski definition) is 4. The van der Waals surface area contributed by atoms with E-state index in [-0.39, 0.29) is 5.02 Å². The number of thiazole rings is 1. The molecule has 2 rings (SSSR count). The number of aromatic nitrogens is 3. The van der Waals surface area contributed by atoms with Crippen LogP contribution in [0.15, 0.2) is 27.5 Å². The first kappa shape index (κ1) is 10.1.